The SMILES string of the molecule is CN(Cc1ccc(C(=O)NC2CC2)cc1)C(=O)c1cnc2ccccc2n1. The molecule has 1 aliphatic rings. The molecule has 0 saturated heterocycles. The van der Waals surface area contributed by atoms with Crippen molar-refractivity contribution < 1.29 is 9.59 Å². The number of carbonyl (C=O) groups is 2. The molecule has 1 aromatic heterocycles. The summed E-state index contributed by atoms with van der Waals surface area (Å²) in [5, 5.41) is 2.97. The van der Waals surface area contributed by atoms with E-state index < -0.39 is 0 Å². The van der Waals surface area contributed by atoms with E-state index in [1.165, 1.54) is 6.20 Å². The molecule has 2 amide bonds. The molecule has 0 spiro atoms. The van der Waals surface area contributed by atoms with E-state index in [1.54, 1.807) is 24.1 Å². The van der Waals surface area contributed by atoms with E-state index in [4.69, 9.17) is 0 Å². The second kappa shape index (κ2) is 7.15. The zero-order valence-corrected chi connectivity index (χ0v) is 15.1. The first kappa shape index (κ1) is 17.1. The van der Waals surface area contributed by atoms with Gasteiger partial charge >= 0.3 is 0 Å². The van der Waals surface area contributed by atoms with Crippen LogP contribution in [0.4, 0.5) is 0 Å². The Hall–Kier alpha value is -3.28. The summed E-state index contributed by atoms with van der Waals surface area (Å²) < 4.78 is 0. The van der Waals surface area contributed by atoms with Crippen molar-refractivity contribution in [2.75, 3.05) is 7.05 Å². The molecule has 136 valence electrons. The number of hydrogen-bond acceptors (Lipinski definition) is 4. The quantitative estimate of drug-likeness (QED) is 0.759. The number of para-hydroxylation sites is 2. The number of carbonyl (C=O) groups excluding carboxylic acids is 2. The van der Waals surface area contributed by atoms with E-state index in [0.29, 0.717) is 29.4 Å². The number of nitrogens with one attached hydrogen (secondary N) is 1. The molecule has 0 atom stereocenters. The van der Waals surface area contributed by atoms with E-state index in [2.05, 4.69) is 15.3 Å². The standard InChI is InChI=1S/C21H20N4O2/c1-25(21(27)19-12-22-17-4-2-3-5-18(17)24-19)13-14-6-8-15(9-7-14)20(26)23-16-10-11-16/h2-9,12,16H,10-11,13H2,1H3,(H,23,26). The summed E-state index contributed by atoms with van der Waals surface area (Å²) in [4.78, 5) is 35.0. The summed E-state index contributed by atoms with van der Waals surface area (Å²) in [5.74, 6) is -0.233. The highest BCUT2D eigenvalue weighted by molar-refractivity contribution is 5.95. The maximum Gasteiger partial charge on any atom is 0.274 e. The minimum atomic E-state index is -0.191. The van der Waals surface area contributed by atoms with Gasteiger partial charge in [-0.3, -0.25) is 14.6 Å². The molecule has 4 rings (SSSR count). The second-order valence-corrected chi connectivity index (χ2v) is 6.85. The van der Waals surface area contributed by atoms with Gasteiger partial charge in [0.1, 0.15) is 5.69 Å². The maximum atomic E-state index is 12.7. The number of fused-ring (bicyclic) bond motifs is 1. The van der Waals surface area contributed by atoms with Gasteiger partial charge in [-0.15, -0.1) is 0 Å². The van der Waals surface area contributed by atoms with Gasteiger partial charge < -0.3 is 10.2 Å². The minimum Gasteiger partial charge on any atom is -0.349 e. The Morgan fingerprint density at radius 1 is 1.07 bits per heavy atom. The number of rotatable bonds is 5. The van der Waals surface area contributed by atoms with Crippen molar-refractivity contribution in [3.05, 3.63) is 71.5 Å². The summed E-state index contributed by atoms with van der Waals surface area (Å²) in [6, 6.07) is 15.1. The highest BCUT2D eigenvalue weighted by atomic mass is 16.2. The Labute approximate surface area is 157 Å². The van der Waals surface area contributed by atoms with Gasteiger partial charge in [-0.2, -0.15) is 0 Å². The monoisotopic (exact) mass is 360 g/mol. The van der Waals surface area contributed by atoms with Crippen LogP contribution in [0.2, 0.25) is 0 Å². The Morgan fingerprint density at radius 2 is 1.78 bits per heavy atom. The van der Waals surface area contributed by atoms with Gasteiger partial charge in [0.05, 0.1) is 17.2 Å². The van der Waals surface area contributed by atoms with Gasteiger partial charge in [0, 0.05) is 25.2 Å². The Kier molecular flexibility index (Phi) is 4.54. The van der Waals surface area contributed by atoms with Crippen LogP contribution in [-0.2, 0) is 6.54 Å². The highest BCUT2D eigenvalue weighted by Crippen LogP contribution is 2.19. The van der Waals surface area contributed by atoms with Gasteiger partial charge in [-0.1, -0.05) is 24.3 Å². The van der Waals surface area contributed by atoms with Crippen molar-refractivity contribution in [1.82, 2.24) is 20.2 Å². The average Bonchev–Trinajstić information content (AvgIpc) is 3.51. The fourth-order valence-electron chi connectivity index (χ4n) is 2.86. The molecule has 1 heterocycles. The van der Waals surface area contributed by atoms with Crippen LogP contribution >= 0.6 is 0 Å². The average molecular weight is 360 g/mol. The molecule has 6 heteroatoms. The molecule has 0 aliphatic heterocycles. The molecule has 1 fully saturated rings. The van der Waals surface area contributed by atoms with Crippen LogP contribution in [0, 0.1) is 0 Å². The van der Waals surface area contributed by atoms with Gasteiger partial charge in [0.15, 0.2) is 0 Å². The molecule has 6 nitrogen and oxygen atoms in total. The van der Waals surface area contributed by atoms with Gasteiger partial charge in [-0.05, 0) is 42.7 Å². The minimum absolute atomic E-state index is 0.0417. The molecule has 2 aromatic carbocycles. The van der Waals surface area contributed by atoms with Gasteiger partial charge in [-0.25, -0.2) is 4.98 Å². The predicted octanol–water partition coefficient (Wildman–Crippen LogP) is 2.79. The van der Waals surface area contributed by atoms with Crippen LogP contribution in [0.3, 0.4) is 0 Å². The smallest absolute Gasteiger partial charge is 0.274 e. The Balaban J connectivity index is 1.43. The molecule has 3 aromatic rings. The third-order valence-electron chi connectivity index (χ3n) is 4.56. The van der Waals surface area contributed by atoms with Crippen molar-refractivity contribution in [2.45, 2.75) is 25.4 Å². The summed E-state index contributed by atoms with van der Waals surface area (Å²) in [7, 11) is 1.73. The van der Waals surface area contributed by atoms with Crippen molar-refractivity contribution in [3.8, 4) is 0 Å². The summed E-state index contributed by atoms with van der Waals surface area (Å²) in [6.07, 6.45) is 3.63. The Morgan fingerprint density at radius 3 is 2.48 bits per heavy atom. The largest absolute Gasteiger partial charge is 0.349 e. The summed E-state index contributed by atoms with van der Waals surface area (Å²) in [5.41, 5.74) is 3.36. The maximum absolute atomic E-state index is 12.7. The highest BCUT2D eigenvalue weighted by Gasteiger charge is 2.23. The zero-order valence-electron chi connectivity index (χ0n) is 15.1. The lowest BCUT2D eigenvalue weighted by molar-refractivity contribution is 0.0778. The van der Waals surface area contributed by atoms with Crippen molar-refractivity contribution in [2.24, 2.45) is 0 Å². The van der Waals surface area contributed by atoms with Gasteiger partial charge in [0.25, 0.3) is 11.8 Å². The van der Waals surface area contributed by atoms with E-state index in [9.17, 15) is 9.59 Å². The fraction of sp³-hybridized carbons (Fsp3) is 0.238. The van der Waals surface area contributed by atoms with Crippen LogP contribution in [0.25, 0.3) is 11.0 Å². The number of amides is 2. The van der Waals surface area contributed by atoms with E-state index in [-0.39, 0.29) is 11.8 Å². The third-order valence-corrected chi connectivity index (χ3v) is 4.56. The number of hydrogen-bond donors (Lipinski definition) is 1. The molecular weight excluding hydrogens is 340 g/mol. The lowest BCUT2D eigenvalue weighted by atomic mass is 10.1. The molecule has 27 heavy (non-hydrogen) atoms. The zero-order chi connectivity index (χ0) is 18.8. The predicted molar refractivity (Wildman–Crippen MR) is 102 cm³/mol. The van der Waals surface area contributed by atoms with Crippen molar-refractivity contribution in [1.29, 1.82) is 0 Å². The van der Waals surface area contributed by atoms with E-state index >= 15 is 0 Å². The lowest BCUT2D eigenvalue weighted by Crippen LogP contribution is -2.27. The van der Waals surface area contributed by atoms with E-state index in [0.717, 1.165) is 23.9 Å². The molecule has 0 unspecified atom stereocenters. The number of benzene rings is 2. The fourth-order valence-corrected chi connectivity index (χ4v) is 2.86. The van der Waals surface area contributed by atoms with Crippen LogP contribution < -0.4 is 5.32 Å². The Bertz CT molecular complexity index is 996. The molecule has 1 aliphatic carbocycles. The van der Waals surface area contributed by atoms with Crippen LogP contribution in [0.5, 0.6) is 0 Å². The molecule has 1 N–H and O–H groups in total. The van der Waals surface area contributed by atoms with Gasteiger partial charge in [0.2, 0.25) is 0 Å². The normalized spacial score (nSPS) is 13.4. The molecule has 1 saturated carbocycles. The summed E-state index contributed by atoms with van der Waals surface area (Å²) >= 11 is 0. The summed E-state index contributed by atoms with van der Waals surface area (Å²) in [6.45, 7) is 0.428. The van der Waals surface area contributed by atoms with Crippen molar-refractivity contribution >= 4 is 22.8 Å². The lowest BCUT2D eigenvalue weighted by Gasteiger charge is -2.17. The van der Waals surface area contributed by atoms with E-state index in [1.807, 2.05) is 36.4 Å². The molecule has 0 radical (unpaired) electrons. The van der Waals surface area contributed by atoms with Crippen LogP contribution in [0.1, 0.15) is 39.3 Å². The first-order chi connectivity index (χ1) is 13.1. The van der Waals surface area contributed by atoms with Crippen LogP contribution in [-0.4, -0.2) is 39.8 Å². The first-order valence-electron chi connectivity index (χ1n) is 8.97. The molecular formula is C21H20N4O2. The first-order valence-corrected chi connectivity index (χ1v) is 8.97. The number of aromatic nitrogens is 2. The number of nitrogens with zero attached hydrogens (tertiary/aromatic N) is 3. The third kappa shape index (κ3) is 3.95. The van der Waals surface area contributed by atoms with Crippen LogP contribution in [0.15, 0.2) is 54.7 Å². The second-order valence-electron chi connectivity index (χ2n) is 6.85. The topological polar surface area (TPSA) is 75.2 Å². The molecule has 0 bridgehead atoms. The van der Waals surface area contributed by atoms with Crippen molar-refractivity contribution in [3.63, 3.8) is 0 Å².